The molecule has 210 valence electrons. The van der Waals surface area contributed by atoms with Crippen molar-refractivity contribution in [1.82, 2.24) is 14.9 Å². The lowest BCUT2D eigenvalue weighted by Gasteiger charge is -2.41. The number of carbonyl (C=O) groups is 2. The second-order valence-corrected chi connectivity index (χ2v) is 9.56. The van der Waals surface area contributed by atoms with Crippen molar-refractivity contribution >= 4 is 34.7 Å². The van der Waals surface area contributed by atoms with Gasteiger partial charge in [0.15, 0.2) is 0 Å². The summed E-state index contributed by atoms with van der Waals surface area (Å²) in [5, 5.41) is 6.89. The van der Waals surface area contributed by atoms with Gasteiger partial charge in [-0.2, -0.15) is 0 Å². The Morgan fingerprint density at radius 1 is 1.12 bits per heavy atom. The number of fused-ring (bicyclic) bond motifs is 1. The SMILES string of the molecule is C=C/C(=C\C=C\F)c1nc2ccc(C(=O)N3CCN(c4ccccc4)CC3C)cc2nc1CCCCC.O=CO. The number of benzene rings is 2. The molecular weight excluding hydrogens is 507 g/mol. The topological polar surface area (TPSA) is 86.6 Å². The Balaban J connectivity index is 0.00000141. The first kappa shape index (κ1) is 30.2. The zero-order valence-corrected chi connectivity index (χ0v) is 23.2. The zero-order chi connectivity index (χ0) is 28.9. The number of halogens is 1. The van der Waals surface area contributed by atoms with Gasteiger partial charge in [-0.05, 0) is 56.2 Å². The Morgan fingerprint density at radius 2 is 1.88 bits per heavy atom. The Labute approximate surface area is 235 Å². The minimum Gasteiger partial charge on any atom is -0.483 e. The molecule has 1 amide bonds. The number of hydrogen-bond donors (Lipinski definition) is 1. The summed E-state index contributed by atoms with van der Waals surface area (Å²) in [6.07, 6.45) is 9.07. The molecule has 0 aliphatic carbocycles. The Morgan fingerprint density at radius 3 is 2.52 bits per heavy atom. The van der Waals surface area contributed by atoms with Gasteiger partial charge in [-0.1, -0.05) is 56.7 Å². The van der Waals surface area contributed by atoms with E-state index in [2.05, 4.69) is 37.5 Å². The largest absolute Gasteiger partial charge is 0.483 e. The van der Waals surface area contributed by atoms with E-state index < -0.39 is 0 Å². The van der Waals surface area contributed by atoms with Crippen molar-refractivity contribution in [2.75, 3.05) is 24.5 Å². The smallest absolute Gasteiger partial charge is 0.290 e. The molecule has 0 radical (unpaired) electrons. The first-order chi connectivity index (χ1) is 19.5. The van der Waals surface area contributed by atoms with E-state index in [1.807, 2.05) is 41.3 Å². The van der Waals surface area contributed by atoms with E-state index in [-0.39, 0.29) is 18.4 Å². The molecule has 2 heterocycles. The summed E-state index contributed by atoms with van der Waals surface area (Å²) < 4.78 is 12.7. The summed E-state index contributed by atoms with van der Waals surface area (Å²) in [5.41, 5.74) is 5.47. The van der Waals surface area contributed by atoms with Gasteiger partial charge < -0.3 is 14.9 Å². The van der Waals surface area contributed by atoms with Gasteiger partial charge in [-0.25, -0.2) is 14.4 Å². The van der Waals surface area contributed by atoms with Gasteiger partial charge in [0.25, 0.3) is 12.4 Å². The highest BCUT2D eigenvalue weighted by Crippen LogP contribution is 2.25. The summed E-state index contributed by atoms with van der Waals surface area (Å²) in [6.45, 7) is 10.1. The van der Waals surface area contributed by atoms with Crippen LogP contribution in [0.3, 0.4) is 0 Å². The van der Waals surface area contributed by atoms with Crippen LogP contribution < -0.4 is 4.90 Å². The molecule has 1 saturated heterocycles. The molecule has 1 fully saturated rings. The zero-order valence-electron chi connectivity index (χ0n) is 23.2. The molecule has 0 spiro atoms. The molecule has 4 rings (SSSR count). The number of rotatable bonds is 9. The van der Waals surface area contributed by atoms with Crippen LogP contribution in [0.15, 0.2) is 79.7 Å². The van der Waals surface area contributed by atoms with E-state index in [9.17, 15) is 9.18 Å². The quantitative estimate of drug-likeness (QED) is 0.189. The summed E-state index contributed by atoms with van der Waals surface area (Å²) in [5.74, 6) is 0.0141. The predicted octanol–water partition coefficient (Wildman–Crippen LogP) is 6.47. The number of carbonyl (C=O) groups excluding carboxylic acids is 1. The number of piperazine rings is 1. The van der Waals surface area contributed by atoms with Crippen LogP contribution in [0.25, 0.3) is 16.6 Å². The minimum atomic E-state index is -0.250. The first-order valence-electron chi connectivity index (χ1n) is 13.6. The van der Waals surface area contributed by atoms with Crippen LogP contribution >= 0.6 is 0 Å². The number of amides is 1. The monoisotopic (exact) mass is 544 g/mol. The maximum atomic E-state index is 13.5. The fraction of sp³-hybridized carbons (Fsp3) is 0.312. The lowest BCUT2D eigenvalue weighted by molar-refractivity contribution is -0.122. The highest BCUT2D eigenvalue weighted by molar-refractivity contribution is 5.98. The molecule has 2 aromatic carbocycles. The van der Waals surface area contributed by atoms with Crippen LogP contribution in [0, 0.1) is 0 Å². The van der Waals surface area contributed by atoms with Gasteiger partial charge in [0.2, 0.25) is 0 Å². The second kappa shape index (κ2) is 15.3. The lowest BCUT2D eigenvalue weighted by Crippen LogP contribution is -2.54. The number of para-hydroxylation sites is 1. The number of hydrogen-bond acceptors (Lipinski definition) is 5. The summed E-state index contributed by atoms with van der Waals surface area (Å²) in [7, 11) is 0. The van der Waals surface area contributed by atoms with Gasteiger partial charge in [0.1, 0.15) is 0 Å². The standard InChI is InChI=1S/C31H35FN4O.CH2O2/c1-4-6-8-15-28-30(24(5-2)12-11-18-32)34-27-17-16-25(21-29(27)33-28)31(37)36-20-19-35(22-23(36)3)26-13-9-7-10-14-26;2-1-3/h5,7,9-14,16-18,21,23H,2,4,6,8,15,19-20,22H2,1,3H3;1H,(H,2,3)/b18-11+,24-12+;. The van der Waals surface area contributed by atoms with Gasteiger partial charge in [-0.3, -0.25) is 9.59 Å². The molecule has 1 unspecified atom stereocenters. The van der Waals surface area contributed by atoms with Crippen LogP contribution in [0.1, 0.15) is 54.9 Å². The molecule has 0 bridgehead atoms. The Bertz CT molecular complexity index is 1360. The summed E-state index contributed by atoms with van der Waals surface area (Å²) in [4.78, 5) is 36.0. The van der Waals surface area contributed by atoms with Crippen molar-refractivity contribution in [3.05, 3.63) is 96.6 Å². The maximum Gasteiger partial charge on any atom is 0.290 e. The number of unbranched alkanes of at least 4 members (excludes halogenated alkanes) is 2. The average Bonchev–Trinajstić information content (AvgIpc) is 2.98. The van der Waals surface area contributed by atoms with Gasteiger partial charge in [0.05, 0.1) is 28.8 Å². The number of aromatic nitrogens is 2. The highest BCUT2D eigenvalue weighted by Gasteiger charge is 2.28. The van der Waals surface area contributed by atoms with Crippen molar-refractivity contribution in [2.24, 2.45) is 0 Å². The maximum absolute atomic E-state index is 13.5. The highest BCUT2D eigenvalue weighted by atomic mass is 19.1. The first-order valence-corrected chi connectivity index (χ1v) is 13.6. The van der Waals surface area contributed by atoms with Crippen molar-refractivity contribution in [3.63, 3.8) is 0 Å². The summed E-state index contributed by atoms with van der Waals surface area (Å²) in [6, 6.07) is 15.9. The fourth-order valence-electron chi connectivity index (χ4n) is 4.85. The van der Waals surface area contributed by atoms with Crippen LogP contribution in [0.4, 0.5) is 10.1 Å². The van der Waals surface area contributed by atoms with Crippen LogP contribution in [0.2, 0.25) is 0 Å². The van der Waals surface area contributed by atoms with E-state index in [1.165, 1.54) is 11.8 Å². The molecule has 7 nitrogen and oxygen atoms in total. The van der Waals surface area contributed by atoms with Gasteiger partial charge in [0, 0.05) is 42.5 Å². The molecule has 8 heteroatoms. The molecule has 0 saturated carbocycles. The van der Waals surface area contributed by atoms with E-state index >= 15 is 0 Å². The van der Waals surface area contributed by atoms with E-state index in [1.54, 1.807) is 12.2 Å². The molecule has 1 aliphatic rings. The normalized spacial score (nSPS) is 15.6. The second-order valence-electron chi connectivity index (χ2n) is 9.56. The number of nitrogens with zero attached hydrogens (tertiary/aromatic N) is 4. The number of aryl methyl sites for hydroxylation is 1. The molecule has 40 heavy (non-hydrogen) atoms. The number of anilines is 1. The van der Waals surface area contributed by atoms with E-state index in [4.69, 9.17) is 19.9 Å². The third-order valence-electron chi connectivity index (χ3n) is 6.85. The van der Waals surface area contributed by atoms with E-state index in [0.29, 0.717) is 35.2 Å². The molecule has 1 atom stereocenters. The van der Waals surface area contributed by atoms with Crippen LogP contribution in [-0.2, 0) is 11.2 Å². The van der Waals surface area contributed by atoms with Crippen molar-refractivity contribution in [3.8, 4) is 0 Å². The third-order valence-corrected chi connectivity index (χ3v) is 6.85. The van der Waals surface area contributed by atoms with Gasteiger partial charge >= 0.3 is 0 Å². The molecule has 1 aliphatic heterocycles. The molecular formula is C32H37FN4O3. The number of carboxylic acid groups (broad SMARTS) is 1. The minimum absolute atomic E-state index is 0.0141. The van der Waals surface area contributed by atoms with Crippen LogP contribution in [-0.4, -0.2) is 58.0 Å². The molecule has 3 aromatic rings. The third kappa shape index (κ3) is 7.62. The van der Waals surface area contributed by atoms with Crippen LogP contribution in [0.5, 0.6) is 0 Å². The Hall–Kier alpha value is -4.33. The fourth-order valence-corrected chi connectivity index (χ4v) is 4.85. The van der Waals surface area contributed by atoms with Gasteiger partial charge in [-0.15, -0.1) is 0 Å². The van der Waals surface area contributed by atoms with Crippen molar-refractivity contribution in [2.45, 2.75) is 45.6 Å². The summed E-state index contributed by atoms with van der Waals surface area (Å²) >= 11 is 0. The van der Waals surface area contributed by atoms with E-state index in [0.717, 1.165) is 50.0 Å². The van der Waals surface area contributed by atoms with Crippen molar-refractivity contribution in [1.29, 1.82) is 0 Å². The van der Waals surface area contributed by atoms with Crippen molar-refractivity contribution < 1.29 is 19.1 Å². The molecule has 1 N–H and O–H groups in total. The Kier molecular flexibility index (Phi) is 11.6. The molecule has 1 aromatic heterocycles. The predicted molar refractivity (Wildman–Crippen MR) is 159 cm³/mol. The lowest BCUT2D eigenvalue weighted by atomic mass is 10.0. The number of allylic oxidation sites excluding steroid dienone is 4. The average molecular weight is 545 g/mol.